The van der Waals surface area contributed by atoms with Crippen LogP contribution in [0.1, 0.15) is 24.1 Å². The Bertz CT molecular complexity index is 557. The Hall–Kier alpha value is -1.42. The summed E-state index contributed by atoms with van der Waals surface area (Å²) in [5.41, 5.74) is 3.00. The Labute approximate surface area is 114 Å². The highest BCUT2D eigenvalue weighted by Crippen LogP contribution is 2.25. The highest BCUT2D eigenvalue weighted by atomic mass is 79.9. The first-order chi connectivity index (χ1) is 8.56. The number of anilines is 1. The van der Waals surface area contributed by atoms with E-state index < -0.39 is 0 Å². The zero-order valence-electron chi connectivity index (χ0n) is 10.2. The fourth-order valence-corrected chi connectivity index (χ4v) is 2.09. The predicted molar refractivity (Wildman–Crippen MR) is 75.1 cm³/mol. The summed E-state index contributed by atoms with van der Waals surface area (Å²) in [5, 5.41) is 3.36. The molecule has 1 aromatic carbocycles. The Morgan fingerprint density at radius 3 is 2.78 bits per heavy atom. The molecular formula is C14H14BrFN2. The van der Waals surface area contributed by atoms with E-state index in [1.165, 1.54) is 12.3 Å². The van der Waals surface area contributed by atoms with Gasteiger partial charge in [0.2, 0.25) is 0 Å². The lowest BCUT2D eigenvalue weighted by molar-refractivity contribution is 0.616. The standard InChI is InChI=1S/C14H14BrFN2/c1-9-3-4-12(15)6-14(9)18-10(2)11-5-13(16)8-17-7-11/h3-8,10,18H,1-2H3. The van der Waals surface area contributed by atoms with Crippen molar-refractivity contribution in [3.63, 3.8) is 0 Å². The molecule has 0 bridgehead atoms. The van der Waals surface area contributed by atoms with Crippen LogP contribution in [0.3, 0.4) is 0 Å². The van der Waals surface area contributed by atoms with Gasteiger partial charge in [0, 0.05) is 16.4 Å². The van der Waals surface area contributed by atoms with Gasteiger partial charge in [-0.3, -0.25) is 4.98 Å². The van der Waals surface area contributed by atoms with E-state index in [1.54, 1.807) is 6.20 Å². The number of nitrogens with zero attached hydrogens (tertiary/aromatic N) is 1. The van der Waals surface area contributed by atoms with Crippen molar-refractivity contribution in [3.05, 3.63) is 58.1 Å². The second kappa shape index (κ2) is 5.48. The van der Waals surface area contributed by atoms with E-state index >= 15 is 0 Å². The van der Waals surface area contributed by atoms with Gasteiger partial charge in [-0.15, -0.1) is 0 Å². The van der Waals surface area contributed by atoms with Crippen molar-refractivity contribution in [2.75, 3.05) is 5.32 Å². The first-order valence-corrected chi connectivity index (χ1v) is 6.48. The quantitative estimate of drug-likeness (QED) is 0.905. The van der Waals surface area contributed by atoms with Gasteiger partial charge in [-0.25, -0.2) is 4.39 Å². The number of rotatable bonds is 3. The van der Waals surface area contributed by atoms with Gasteiger partial charge in [-0.05, 0) is 43.2 Å². The molecule has 0 saturated carbocycles. The molecule has 2 aromatic rings. The van der Waals surface area contributed by atoms with Crippen LogP contribution in [-0.2, 0) is 0 Å². The third-order valence-corrected chi connectivity index (χ3v) is 3.29. The van der Waals surface area contributed by atoms with Gasteiger partial charge in [0.1, 0.15) is 5.82 Å². The number of halogens is 2. The second-order valence-corrected chi connectivity index (χ2v) is 5.18. The molecule has 1 heterocycles. The van der Waals surface area contributed by atoms with Crippen LogP contribution in [0.4, 0.5) is 10.1 Å². The fourth-order valence-electron chi connectivity index (χ4n) is 1.73. The van der Waals surface area contributed by atoms with Crippen molar-refractivity contribution in [3.8, 4) is 0 Å². The lowest BCUT2D eigenvalue weighted by Crippen LogP contribution is -2.08. The van der Waals surface area contributed by atoms with Crippen molar-refractivity contribution >= 4 is 21.6 Å². The van der Waals surface area contributed by atoms with Gasteiger partial charge >= 0.3 is 0 Å². The third kappa shape index (κ3) is 3.07. The number of aryl methyl sites for hydroxylation is 1. The molecule has 1 unspecified atom stereocenters. The number of hydrogen-bond donors (Lipinski definition) is 1. The van der Waals surface area contributed by atoms with Crippen LogP contribution >= 0.6 is 15.9 Å². The van der Waals surface area contributed by atoms with Gasteiger partial charge in [0.25, 0.3) is 0 Å². The molecule has 4 heteroatoms. The molecule has 0 spiro atoms. The van der Waals surface area contributed by atoms with Crippen LogP contribution in [0, 0.1) is 12.7 Å². The average molecular weight is 309 g/mol. The van der Waals surface area contributed by atoms with E-state index in [4.69, 9.17) is 0 Å². The Morgan fingerprint density at radius 2 is 2.06 bits per heavy atom. The lowest BCUT2D eigenvalue weighted by Gasteiger charge is -2.17. The molecule has 0 radical (unpaired) electrons. The molecule has 0 aliphatic rings. The summed E-state index contributed by atoms with van der Waals surface area (Å²) < 4.78 is 14.1. The van der Waals surface area contributed by atoms with Crippen molar-refractivity contribution in [2.24, 2.45) is 0 Å². The summed E-state index contributed by atoms with van der Waals surface area (Å²) in [5.74, 6) is -0.313. The van der Waals surface area contributed by atoms with Crippen molar-refractivity contribution in [1.29, 1.82) is 0 Å². The minimum Gasteiger partial charge on any atom is -0.378 e. The van der Waals surface area contributed by atoms with Gasteiger partial charge in [-0.1, -0.05) is 22.0 Å². The van der Waals surface area contributed by atoms with Crippen LogP contribution in [0.5, 0.6) is 0 Å². The van der Waals surface area contributed by atoms with E-state index in [0.29, 0.717) is 0 Å². The lowest BCUT2D eigenvalue weighted by atomic mass is 10.1. The number of aromatic nitrogens is 1. The first-order valence-electron chi connectivity index (χ1n) is 5.69. The number of nitrogens with one attached hydrogen (secondary N) is 1. The largest absolute Gasteiger partial charge is 0.378 e. The summed E-state index contributed by atoms with van der Waals surface area (Å²) in [6, 6.07) is 7.54. The van der Waals surface area contributed by atoms with Gasteiger partial charge in [0.15, 0.2) is 0 Å². The number of pyridine rings is 1. The monoisotopic (exact) mass is 308 g/mol. The zero-order chi connectivity index (χ0) is 13.1. The summed E-state index contributed by atoms with van der Waals surface area (Å²) in [7, 11) is 0. The summed E-state index contributed by atoms with van der Waals surface area (Å²) in [6.45, 7) is 4.02. The van der Waals surface area contributed by atoms with E-state index in [2.05, 4.69) is 26.2 Å². The maximum absolute atomic E-state index is 13.1. The molecule has 94 valence electrons. The normalized spacial score (nSPS) is 12.2. The average Bonchev–Trinajstić information content (AvgIpc) is 2.34. The predicted octanol–water partition coefficient (Wildman–Crippen LogP) is 4.46. The van der Waals surface area contributed by atoms with Crippen molar-refractivity contribution in [2.45, 2.75) is 19.9 Å². The molecule has 2 rings (SSSR count). The summed E-state index contributed by atoms with van der Waals surface area (Å²) >= 11 is 3.44. The van der Waals surface area contributed by atoms with E-state index in [9.17, 15) is 4.39 Å². The molecule has 0 aliphatic carbocycles. The van der Waals surface area contributed by atoms with Crippen LogP contribution in [-0.4, -0.2) is 4.98 Å². The van der Waals surface area contributed by atoms with E-state index in [0.717, 1.165) is 21.3 Å². The van der Waals surface area contributed by atoms with E-state index in [1.807, 2.05) is 32.0 Å². The van der Waals surface area contributed by atoms with Crippen molar-refractivity contribution < 1.29 is 4.39 Å². The van der Waals surface area contributed by atoms with Gasteiger partial charge in [0.05, 0.1) is 12.2 Å². The Balaban J connectivity index is 2.21. The molecule has 0 amide bonds. The molecule has 18 heavy (non-hydrogen) atoms. The van der Waals surface area contributed by atoms with Crippen LogP contribution in [0.2, 0.25) is 0 Å². The number of benzene rings is 1. The minimum absolute atomic E-state index is 0.00111. The first kappa shape index (κ1) is 13.0. The smallest absolute Gasteiger partial charge is 0.141 e. The van der Waals surface area contributed by atoms with Crippen LogP contribution in [0.25, 0.3) is 0 Å². The fraction of sp³-hybridized carbons (Fsp3) is 0.214. The second-order valence-electron chi connectivity index (χ2n) is 4.26. The summed E-state index contributed by atoms with van der Waals surface area (Å²) in [6.07, 6.45) is 2.88. The molecule has 2 nitrogen and oxygen atoms in total. The topological polar surface area (TPSA) is 24.9 Å². The SMILES string of the molecule is Cc1ccc(Br)cc1NC(C)c1cncc(F)c1. The molecule has 0 saturated heterocycles. The molecule has 1 atom stereocenters. The highest BCUT2D eigenvalue weighted by Gasteiger charge is 2.08. The van der Waals surface area contributed by atoms with E-state index in [-0.39, 0.29) is 11.9 Å². The maximum atomic E-state index is 13.1. The van der Waals surface area contributed by atoms with Gasteiger partial charge in [-0.2, -0.15) is 0 Å². The summed E-state index contributed by atoms with van der Waals surface area (Å²) in [4.78, 5) is 3.86. The van der Waals surface area contributed by atoms with Gasteiger partial charge < -0.3 is 5.32 Å². The number of hydrogen-bond acceptors (Lipinski definition) is 2. The zero-order valence-corrected chi connectivity index (χ0v) is 11.8. The Morgan fingerprint density at radius 1 is 1.28 bits per heavy atom. The molecule has 1 N–H and O–H groups in total. The third-order valence-electron chi connectivity index (χ3n) is 2.80. The molecular weight excluding hydrogens is 295 g/mol. The molecule has 1 aromatic heterocycles. The maximum Gasteiger partial charge on any atom is 0.141 e. The molecule has 0 aliphatic heterocycles. The van der Waals surface area contributed by atoms with Crippen LogP contribution in [0.15, 0.2) is 41.1 Å². The Kier molecular flexibility index (Phi) is 3.97. The van der Waals surface area contributed by atoms with Crippen molar-refractivity contribution in [1.82, 2.24) is 4.98 Å². The van der Waals surface area contributed by atoms with Crippen LogP contribution < -0.4 is 5.32 Å². The molecule has 0 fully saturated rings. The minimum atomic E-state index is -0.313. The highest BCUT2D eigenvalue weighted by molar-refractivity contribution is 9.10.